The molecule has 0 radical (unpaired) electrons. The standard InChI is InChI=1S/C27H43N5O4S2/c1-5-15-37-16-8-6-7-9-24-29-25(33)27(30-24)11-13-32(14-12-27)38(35,36)17-10-23-20(2)18-22(19-21(23)3)31(4)26(28)34/h18-19H,5-17H2,1-4H3,(H2,28,34)(H,29,30,33). The van der Waals surface area contributed by atoms with E-state index >= 15 is 0 Å². The lowest BCUT2D eigenvalue weighted by atomic mass is 9.89. The largest absolute Gasteiger partial charge is 0.351 e. The number of nitrogens with zero attached hydrogens (tertiary/aromatic N) is 3. The van der Waals surface area contributed by atoms with E-state index in [1.54, 1.807) is 7.05 Å². The molecule has 1 spiro atoms. The fraction of sp³-hybridized carbons (Fsp3) is 0.667. The average Bonchev–Trinajstić information content (AvgIpc) is 3.16. The minimum Gasteiger partial charge on any atom is -0.351 e. The topological polar surface area (TPSA) is 125 Å². The smallest absolute Gasteiger partial charge is 0.318 e. The van der Waals surface area contributed by atoms with Crippen molar-refractivity contribution >= 4 is 45.2 Å². The van der Waals surface area contributed by atoms with Crippen LogP contribution in [0.3, 0.4) is 0 Å². The van der Waals surface area contributed by atoms with Gasteiger partial charge in [0.1, 0.15) is 11.4 Å². The molecule has 0 unspecified atom stereocenters. The van der Waals surface area contributed by atoms with Crippen LogP contribution >= 0.6 is 11.8 Å². The van der Waals surface area contributed by atoms with Gasteiger partial charge in [0.05, 0.1) is 5.75 Å². The minimum absolute atomic E-state index is 0.00998. The van der Waals surface area contributed by atoms with Gasteiger partial charge in [-0.05, 0) is 92.7 Å². The van der Waals surface area contributed by atoms with E-state index in [-0.39, 0.29) is 11.7 Å². The zero-order chi connectivity index (χ0) is 27.9. The molecule has 0 atom stereocenters. The first-order chi connectivity index (χ1) is 18.0. The molecule has 3 amide bonds. The van der Waals surface area contributed by atoms with Crippen molar-refractivity contribution < 1.29 is 18.0 Å². The molecule has 1 aromatic rings. The second-order valence-corrected chi connectivity index (χ2v) is 13.7. The summed E-state index contributed by atoms with van der Waals surface area (Å²) >= 11 is 1.99. The number of hydrogen-bond donors (Lipinski definition) is 2. The van der Waals surface area contributed by atoms with Gasteiger partial charge in [-0.25, -0.2) is 17.5 Å². The fourth-order valence-electron chi connectivity index (χ4n) is 5.14. The van der Waals surface area contributed by atoms with Crippen LogP contribution in [0.4, 0.5) is 10.5 Å². The van der Waals surface area contributed by atoms with Gasteiger partial charge in [0.15, 0.2) is 0 Å². The lowest BCUT2D eigenvalue weighted by Gasteiger charge is -2.34. The van der Waals surface area contributed by atoms with Crippen molar-refractivity contribution in [1.82, 2.24) is 9.62 Å². The van der Waals surface area contributed by atoms with Gasteiger partial charge in [-0.2, -0.15) is 11.8 Å². The van der Waals surface area contributed by atoms with E-state index in [1.807, 2.05) is 37.7 Å². The highest BCUT2D eigenvalue weighted by Gasteiger charge is 2.47. The Hall–Kier alpha value is -2.11. The van der Waals surface area contributed by atoms with E-state index in [0.29, 0.717) is 38.0 Å². The van der Waals surface area contributed by atoms with Crippen molar-refractivity contribution in [1.29, 1.82) is 0 Å². The molecular weight excluding hydrogens is 522 g/mol. The molecule has 1 fully saturated rings. The number of aryl methyl sites for hydroxylation is 2. The van der Waals surface area contributed by atoms with Gasteiger partial charge >= 0.3 is 6.03 Å². The Morgan fingerprint density at radius 2 is 1.79 bits per heavy atom. The third kappa shape index (κ3) is 7.51. The highest BCUT2D eigenvalue weighted by Crippen LogP contribution is 2.32. The summed E-state index contributed by atoms with van der Waals surface area (Å²) in [5.41, 5.74) is 8.03. The lowest BCUT2D eigenvalue weighted by molar-refractivity contribution is -0.124. The van der Waals surface area contributed by atoms with Gasteiger partial charge in [-0.3, -0.25) is 14.7 Å². The van der Waals surface area contributed by atoms with E-state index in [9.17, 15) is 18.0 Å². The van der Waals surface area contributed by atoms with Crippen LogP contribution in [-0.4, -0.2) is 73.4 Å². The number of urea groups is 1. The molecule has 0 aliphatic carbocycles. The third-order valence-electron chi connectivity index (χ3n) is 7.53. The zero-order valence-corrected chi connectivity index (χ0v) is 24.8. The van der Waals surface area contributed by atoms with Crippen molar-refractivity contribution in [2.45, 2.75) is 77.7 Å². The molecule has 1 saturated heterocycles. The first-order valence-electron chi connectivity index (χ1n) is 13.6. The SMILES string of the molecule is CCCSCCCCCC1=NC2(CCN(S(=O)(=O)CCc3c(C)cc(N(C)C(N)=O)cc3C)CC2)C(=O)N1. The van der Waals surface area contributed by atoms with Crippen molar-refractivity contribution in [2.24, 2.45) is 10.7 Å². The number of nitrogens with one attached hydrogen (secondary N) is 1. The van der Waals surface area contributed by atoms with Crippen molar-refractivity contribution in [3.63, 3.8) is 0 Å². The van der Waals surface area contributed by atoms with Gasteiger partial charge in [0, 0.05) is 32.2 Å². The number of rotatable bonds is 13. The van der Waals surface area contributed by atoms with Gasteiger partial charge in [0.25, 0.3) is 5.91 Å². The molecule has 2 aliphatic heterocycles. The van der Waals surface area contributed by atoms with Crippen molar-refractivity contribution in [2.75, 3.05) is 42.3 Å². The number of anilines is 1. The number of sulfonamides is 1. The number of benzene rings is 1. The summed E-state index contributed by atoms with van der Waals surface area (Å²) in [4.78, 5) is 30.4. The van der Waals surface area contributed by atoms with E-state index in [4.69, 9.17) is 10.7 Å². The summed E-state index contributed by atoms with van der Waals surface area (Å²) < 4.78 is 27.9. The predicted molar refractivity (Wildman–Crippen MR) is 157 cm³/mol. The number of thioether (sulfide) groups is 1. The second kappa shape index (κ2) is 13.3. The molecule has 0 saturated carbocycles. The van der Waals surface area contributed by atoms with Crippen LogP contribution in [-0.2, 0) is 21.2 Å². The number of primary amides is 1. The minimum atomic E-state index is -3.49. The Labute approximate surface area is 232 Å². The number of carbonyl (C=O) groups excluding carboxylic acids is 2. The maximum absolute atomic E-state index is 13.2. The number of nitrogens with two attached hydrogens (primary N) is 1. The Bertz CT molecular complexity index is 1120. The number of amidine groups is 1. The summed E-state index contributed by atoms with van der Waals surface area (Å²) in [6.07, 6.45) is 6.46. The Kier molecular flexibility index (Phi) is 10.7. The zero-order valence-electron chi connectivity index (χ0n) is 23.2. The highest BCUT2D eigenvalue weighted by molar-refractivity contribution is 7.99. The summed E-state index contributed by atoms with van der Waals surface area (Å²) in [5, 5.41) is 2.96. The van der Waals surface area contributed by atoms with Crippen LogP contribution in [0.25, 0.3) is 0 Å². The molecule has 1 aromatic carbocycles. The van der Waals surface area contributed by atoms with Gasteiger partial charge in [-0.1, -0.05) is 13.3 Å². The number of carbonyl (C=O) groups is 2. The molecular formula is C27H43N5O4S2. The molecule has 38 heavy (non-hydrogen) atoms. The molecule has 0 aromatic heterocycles. The van der Waals surface area contributed by atoms with Crippen LogP contribution < -0.4 is 16.0 Å². The average molecular weight is 566 g/mol. The Morgan fingerprint density at radius 3 is 2.39 bits per heavy atom. The van der Waals surface area contributed by atoms with Crippen LogP contribution in [0.15, 0.2) is 17.1 Å². The maximum atomic E-state index is 13.2. The normalized spacial score (nSPS) is 17.5. The molecule has 3 rings (SSSR count). The fourth-order valence-corrected chi connectivity index (χ4v) is 7.50. The van der Waals surface area contributed by atoms with E-state index in [1.165, 1.54) is 33.6 Å². The Morgan fingerprint density at radius 1 is 1.13 bits per heavy atom. The molecule has 0 bridgehead atoms. The molecule has 2 aliphatic rings. The number of unbranched alkanes of at least 4 members (excludes halogenated alkanes) is 2. The first-order valence-corrected chi connectivity index (χ1v) is 16.3. The van der Waals surface area contributed by atoms with Crippen molar-refractivity contribution in [3.05, 3.63) is 28.8 Å². The molecule has 212 valence electrons. The summed E-state index contributed by atoms with van der Waals surface area (Å²) in [5.74, 6) is 3.04. The third-order valence-corrected chi connectivity index (χ3v) is 10.7. The van der Waals surface area contributed by atoms with Gasteiger partial charge in [0.2, 0.25) is 10.0 Å². The molecule has 9 nitrogen and oxygen atoms in total. The monoisotopic (exact) mass is 565 g/mol. The maximum Gasteiger partial charge on any atom is 0.318 e. The molecule has 3 N–H and O–H groups in total. The first kappa shape index (κ1) is 30.4. The van der Waals surface area contributed by atoms with Gasteiger partial charge in [-0.15, -0.1) is 0 Å². The summed E-state index contributed by atoms with van der Waals surface area (Å²) in [7, 11) is -1.89. The summed E-state index contributed by atoms with van der Waals surface area (Å²) in [6.45, 7) is 6.61. The predicted octanol–water partition coefficient (Wildman–Crippen LogP) is 3.76. The number of piperidine rings is 1. The molecule has 2 heterocycles. The van der Waals surface area contributed by atoms with E-state index < -0.39 is 21.6 Å². The van der Waals surface area contributed by atoms with Crippen LogP contribution in [0.1, 0.15) is 68.6 Å². The number of aliphatic imine (C=N–C) groups is 1. The van der Waals surface area contributed by atoms with Gasteiger partial charge < -0.3 is 11.1 Å². The number of hydrogen-bond acceptors (Lipinski definition) is 6. The lowest BCUT2D eigenvalue weighted by Crippen LogP contribution is -2.50. The second-order valence-electron chi connectivity index (χ2n) is 10.4. The van der Waals surface area contributed by atoms with Crippen LogP contribution in [0.5, 0.6) is 0 Å². The highest BCUT2D eigenvalue weighted by atomic mass is 32.2. The van der Waals surface area contributed by atoms with E-state index in [2.05, 4.69) is 12.2 Å². The van der Waals surface area contributed by atoms with Crippen LogP contribution in [0.2, 0.25) is 0 Å². The summed E-state index contributed by atoms with van der Waals surface area (Å²) in [6, 6.07) is 3.15. The van der Waals surface area contributed by atoms with Crippen LogP contribution in [0, 0.1) is 13.8 Å². The van der Waals surface area contributed by atoms with E-state index in [0.717, 1.165) is 41.8 Å². The molecule has 11 heteroatoms. The number of amides is 3. The quantitative estimate of drug-likeness (QED) is 0.352. The Balaban J connectivity index is 1.53. The van der Waals surface area contributed by atoms with Crippen molar-refractivity contribution in [3.8, 4) is 0 Å².